The predicted molar refractivity (Wildman–Crippen MR) is 139 cm³/mol. The quantitative estimate of drug-likeness (QED) is 0.335. The molecule has 0 saturated heterocycles. The van der Waals surface area contributed by atoms with Crippen LogP contribution in [-0.2, 0) is 0 Å². The largest absolute Gasteiger partial charge is 0.286 e. The first kappa shape index (κ1) is 21.9. The molecule has 0 aliphatic carbocycles. The lowest BCUT2D eigenvalue weighted by Crippen LogP contribution is -2.06. The summed E-state index contributed by atoms with van der Waals surface area (Å²) in [7, 11) is 0. The Hall–Kier alpha value is -4.59. The van der Waals surface area contributed by atoms with E-state index in [1.165, 1.54) is 11.1 Å². The van der Waals surface area contributed by atoms with Crippen LogP contribution in [0.3, 0.4) is 0 Å². The van der Waals surface area contributed by atoms with Crippen LogP contribution in [0.2, 0.25) is 0 Å². The number of nitrogens with zero attached hydrogens (tertiary/aromatic N) is 8. The molecule has 0 N–H and O–H groups in total. The first-order valence-electron chi connectivity index (χ1n) is 11.9. The molecule has 6 aromatic rings. The average molecular weight is 475 g/mol. The van der Waals surface area contributed by atoms with Crippen LogP contribution in [0.5, 0.6) is 0 Å². The zero-order valence-electron chi connectivity index (χ0n) is 20.7. The maximum atomic E-state index is 4.88. The Morgan fingerprint density at radius 1 is 0.778 bits per heavy atom. The first-order valence-corrected chi connectivity index (χ1v) is 11.9. The van der Waals surface area contributed by atoms with Crippen molar-refractivity contribution in [3.05, 3.63) is 102 Å². The van der Waals surface area contributed by atoms with Crippen molar-refractivity contribution < 1.29 is 0 Å². The van der Waals surface area contributed by atoms with Gasteiger partial charge in [-0.05, 0) is 57.5 Å². The fraction of sp³-hybridized carbons (Fsp3) is 0.179. The van der Waals surface area contributed by atoms with Crippen molar-refractivity contribution in [3.63, 3.8) is 0 Å². The summed E-state index contributed by atoms with van der Waals surface area (Å²) in [6.07, 6.45) is 9.31. The lowest BCUT2D eigenvalue weighted by molar-refractivity contribution is 0.564. The molecule has 0 unspecified atom stereocenters. The van der Waals surface area contributed by atoms with Crippen LogP contribution in [0.25, 0.3) is 34.1 Å². The van der Waals surface area contributed by atoms with Gasteiger partial charge in [0.15, 0.2) is 5.65 Å². The van der Waals surface area contributed by atoms with E-state index in [2.05, 4.69) is 79.3 Å². The molecule has 1 aromatic carbocycles. The Kier molecular flexibility index (Phi) is 5.21. The van der Waals surface area contributed by atoms with E-state index >= 15 is 0 Å². The number of rotatable bonds is 5. The molecule has 6 rings (SSSR count). The highest BCUT2D eigenvalue weighted by atomic mass is 15.4. The number of benzene rings is 1. The van der Waals surface area contributed by atoms with Crippen LogP contribution in [0.1, 0.15) is 35.5 Å². The second kappa shape index (κ2) is 8.57. The van der Waals surface area contributed by atoms with E-state index in [0.717, 1.165) is 39.5 Å². The lowest BCUT2D eigenvalue weighted by atomic mass is 10.1. The van der Waals surface area contributed by atoms with Crippen molar-refractivity contribution in [1.29, 1.82) is 0 Å². The molecule has 178 valence electrons. The predicted octanol–water partition coefficient (Wildman–Crippen LogP) is 5.38. The second-order valence-corrected chi connectivity index (χ2v) is 9.17. The molecule has 0 amide bonds. The third-order valence-corrected chi connectivity index (χ3v) is 6.58. The van der Waals surface area contributed by atoms with Crippen LogP contribution < -0.4 is 0 Å². The number of hydrogen-bond acceptors (Lipinski definition) is 5. The third-order valence-electron chi connectivity index (χ3n) is 6.58. The van der Waals surface area contributed by atoms with Crippen molar-refractivity contribution in [2.75, 3.05) is 0 Å². The molecule has 36 heavy (non-hydrogen) atoms. The Bertz CT molecular complexity index is 1670. The standard InChI is InChI=1S/C28H26N8/c1-18-5-9-22(10-6-18)21(4)35-17-24(14-30-35)26-16-29-15-25(31-26)23-11-12-34-27(13-23)32-28(33-34)36-19(2)7-8-20(36)3/h5-17,21H,1-4H3/t21-/m1/s1. The maximum Gasteiger partial charge on any atom is 0.254 e. The van der Waals surface area contributed by atoms with Gasteiger partial charge in [-0.1, -0.05) is 29.8 Å². The van der Waals surface area contributed by atoms with Crippen molar-refractivity contribution in [1.82, 2.24) is 38.9 Å². The molecule has 5 aromatic heterocycles. The topological polar surface area (TPSA) is 78.7 Å². The fourth-order valence-electron chi connectivity index (χ4n) is 4.43. The summed E-state index contributed by atoms with van der Waals surface area (Å²) >= 11 is 0. The van der Waals surface area contributed by atoms with Crippen LogP contribution in [-0.4, -0.2) is 38.9 Å². The van der Waals surface area contributed by atoms with Crippen molar-refractivity contribution >= 4 is 5.65 Å². The highest BCUT2D eigenvalue weighted by Crippen LogP contribution is 2.25. The number of fused-ring (bicyclic) bond motifs is 1. The Morgan fingerprint density at radius 3 is 2.25 bits per heavy atom. The van der Waals surface area contributed by atoms with E-state index in [0.29, 0.717) is 5.95 Å². The summed E-state index contributed by atoms with van der Waals surface area (Å²) in [5.74, 6) is 0.655. The Balaban J connectivity index is 1.30. The van der Waals surface area contributed by atoms with Gasteiger partial charge in [0.1, 0.15) is 0 Å². The lowest BCUT2D eigenvalue weighted by Gasteiger charge is -2.12. The highest BCUT2D eigenvalue weighted by molar-refractivity contribution is 5.66. The summed E-state index contributed by atoms with van der Waals surface area (Å²) in [6, 6.07) is 16.8. The van der Waals surface area contributed by atoms with E-state index in [-0.39, 0.29) is 6.04 Å². The summed E-state index contributed by atoms with van der Waals surface area (Å²) in [5, 5.41) is 9.25. The number of hydrogen-bond donors (Lipinski definition) is 0. The Morgan fingerprint density at radius 2 is 1.50 bits per heavy atom. The molecule has 5 heterocycles. The van der Waals surface area contributed by atoms with Crippen molar-refractivity contribution in [2.45, 2.75) is 33.7 Å². The summed E-state index contributed by atoms with van der Waals surface area (Å²) in [4.78, 5) is 14.1. The van der Waals surface area contributed by atoms with Crippen LogP contribution in [0.15, 0.2) is 79.5 Å². The van der Waals surface area contributed by atoms with Gasteiger partial charge in [-0.3, -0.25) is 14.2 Å². The average Bonchev–Trinajstić information content (AvgIpc) is 3.62. The minimum absolute atomic E-state index is 0.118. The fourth-order valence-corrected chi connectivity index (χ4v) is 4.43. The Labute approximate surface area is 208 Å². The number of aryl methyl sites for hydroxylation is 3. The molecule has 8 nitrogen and oxygen atoms in total. The van der Waals surface area contributed by atoms with Crippen LogP contribution in [0.4, 0.5) is 0 Å². The normalized spacial score (nSPS) is 12.3. The summed E-state index contributed by atoms with van der Waals surface area (Å²) in [5.41, 5.74) is 8.80. The monoisotopic (exact) mass is 474 g/mol. The third kappa shape index (κ3) is 3.86. The van der Waals surface area contributed by atoms with Crippen LogP contribution >= 0.6 is 0 Å². The molecule has 0 aliphatic heterocycles. The highest BCUT2D eigenvalue weighted by Gasteiger charge is 2.14. The molecule has 1 atom stereocenters. The molecule has 0 bridgehead atoms. The zero-order chi connectivity index (χ0) is 24.8. The van der Waals surface area contributed by atoms with E-state index in [1.807, 2.05) is 40.0 Å². The molecular weight excluding hydrogens is 448 g/mol. The maximum absolute atomic E-state index is 4.88. The van der Waals surface area contributed by atoms with Gasteiger partial charge in [-0.25, -0.2) is 9.50 Å². The van der Waals surface area contributed by atoms with Gasteiger partial charge < -0.3 is 0 Å². The van der Waals surface area contributed by atoms with E-state index in [4.69, 9.17) is 9.97 Å². The molecular formula is C28H26N8. The van der Waals surface area contributed by atoms with Crippen molar-refractivity contribution in [2.24, 2.45) is 0 Å². The molecule has 8 heteroatoms. The van der Waals surface area contributed by atoms with Gasteiger partial charge in [0.05, 0.1) is 36.0 Å². The van der Waals surface area contributed by atoms with Crippen molar-refractivity contribution in [3.8, 4) is 28.5 Å². The van der Waals surface area contributed by atoms with E-state index in [9.17, 15) is 0 Å². The van der Waals surface area contributed by atoms with Gasteiger partial charge in [0.2, 0.25) is 0 Å². The smallest absolute Gasteiger partial charge is 0.254 e. The van der Waals surface area contributed by atoms with Gasteiger partial charge in [-0.2, -0.15) is 10.1 Å². The van der Waals surface area contributed by atoms with Gasteiger partial charge in [0, 0.05) is 34.9 Å². The van der Waals surface area contributed by atoms with Gasteiger partial charge >= 0.3 is 0 Å². The number of aromatic nitrogens is 8. The summed E-state index contributed by atoms with van der Waals surface area (Å²) in [6.45, 7) is 8.34. The second-order valence-electron chi connectivity index (χ2n) is 9.17. The first-order chi connectivity index (χ1) is 17.5. The molecule has 0 spiro atoms. The molecule has 0 radical (unpaired) electrons. The van der Waals surface area contributed by atoms with Gasteiger partial charge in [-0.15, -0.1) is 5.10 Å². The molecule has 0 saturated carbocycles. The minimum atomic E-state index is 0.118. The summed E-state index contributed by atoms with van der Waals surface area (Å²) < 4.78 is 5.79. The molecule has 0 fully saturated rings. The SMILES string of the molecule is Cc1ccc([C@@H](C)n2cc(-c3cncc(-c4ccn5nc(-n6c(C)ccc6C)nc5c4)n3)cn2)cc1. The van der Waals surface area contributed by atoms with E-state index < -0.39 is 0 Å². The van der Waals surface area contributed by atoms with E-state index in [1.54, 1.807) is 16.9 Å². The van der Waals surface area contributed by atoms with Crippen LogP contribution in [0, 0.1) is 20.8 Å². The zero-order valence-corrected chi connectivity index (χ0v) is 20.7. The molecule has 0 aliphatic rings. The van der Waals surface area contributed by atoms with Gasteiger partial charge in [0.25, 0.3) is 5.95 Å². The number of pyridine rings is 1. The minimum Gasteiger partial charge on any atom is -0.286 e.